The fourth-order valence-corrected chi connectivity index (χ4v) is 2.77. The molecule has 3 heterocycles. The van der Waals surface area contributed by atoms with Crippen LogP contribution in [0.4, 0.5) is 0 Å². The van der Waals surface area contributed by atoms with Gasteiger partial charge in [0.1, 0.15) is 10.9 Å². The van der Waals surface area contributed by atoms with Crippen LogP contribution in [0.3, 0.4) is 0 Å². The normalized spacial score (nSPS) is 14.4. The number of hydrogen-bond donors (Lipinski definition) is 1. The average molecular weight is 230 g/mol. The molecule has 0 fully saturated rings. The van der Waals surface area contributed by atoms with Crippen molar-refractivity contribution >= 4 is 11.3 Å². The molecule has 0 saturated heterocycles. The van der Waals surface area contributed by atoms with Crippen LogP contribution in [0.15, 0.2) is 18.3 Å². The number of nitrogens with one attached hydrogen (secondary N) is 1. The minimum atomic E-state index is 0.749. The molecule has 2 aromatic heterocycles. The number of rotatable bonds is 1. The summed E-state index contributed by atoms with van der Waals surface area (Å²) in [5.74, 6) is 0. The van der Waals surface area contributed by atoms with Gasteiger partial charge in [-0.1, -0.05) is 0 Å². The Morgan fingerprint density at radius 1 is 1.50 bits per heavy atom. The standard InChI is InChI=1S/C11H10N4S/c12-5-8-1-2-11(16-8)9-6-14-15-4-3-13-7-10(9)15/h1-2,6,13H,3-4,7H2. The Balaban J connectivity index is 2.06. The number of nitrogens with zero attached hydrogens (tertiary/aromatic N) is 3. The zero-order valence-electron chi connectivity index (χ0n) is 8.60. The molecule has 0 aliphatic carbocycles. The summed E-state index contributed by atoms with van der Waals surface area (Å²) in [6, 6.07) is 6.02. The Kier molecular flexibility index (Phi) is 2.24. The number of fused-ring (bicyclic) bond motifs is 1. The Morgan fingerprint density at radius 3 is 3.25 bits per heavy atom. The largest absolute Gasteiger partial charge is 0.309 e. The lowest BCUT2D eigenvalue weighted by Gasteiger charge is -2.15. The highest BCUT2D eigenvalue weighted by molar-refractivity contribution is 7.16. The molecule has 0 amide bonds. The van der Waals surface area contributed by atoms with Crippen LogP contribution in [0.25, 0.3) is 10.4 Å². The lowest BCUT2D eigenvalue weighted by atomic mass is 10.2. The highest BCUT2D eigenvalue weighted by Gasteiger charge is 2.16. The van der Waals surface area contributed by atoms with E-state index in [2.05, 4.69) is 16.5 Å². The van der Waals surface area contributed by atoms with E-state index in [-0.39, 0.29) is 0 Å². The van der Waals surface area contributed by atoms with E-state index >= 15 is 0 Å². The van der Waals surface area contributed by atoms with Crippen LogP contribution in [0.1, 0.15) is 10.6 Å². The third-order valence-electron chi connectivity index (χ3n) is 2.72. The van der Waals surface area contributed by atoms with Gasteiger partial charge >= 0.3 is 0 Å². The fraction of sp³-hybridized carbons (Fsp3) is 0.273. The number of thiophene rings is 1. The highest BCUT2D eigenvalue weighted by atomic mass is 32.1. The molecule has 1 N–H and O–H groups in total. The summed E-state index contributed by atoms with van der Waals surface area (Å²) >= 11 is 1.52. The van der Waals surface area contributed by atoms with Gasteiger partial charge < -0.3 is 5.32 Å². The van der Waals surface area contributed by atoms with E-state index < -0.39 is 0 Å². The van der Waals surface area contributed by atoms with Crippen LogP contribution in [-0.2, 0) is 13.1 Å². The van der Waals surface area contributed by atoms with Crippen molar-refractivity contribution in [1.82, 2.24) is 15.1 Å². The topological polar surface area (TPSA) is 53.6 Å². The first-order chi connectivity index (χ1) is 7.88. The van der Waals surface area contributed by atoms with Gasteiger partial charge in [-0.2, -0.15) is 10.4 Å². The summed E-state index contributed by atoms with van der Waals surface area (Å²) in [7, 11) is 0. The summed E-state index contributed by atoms with van der Waals surface area (Å²) in [6.45, 7) is 2.75. The molecule has 5 heteroatoms. The summed E-state index contributed by atoms with van der Waals surface area (Å²) in [5, 5.41) is 16.5. The van der Waals surface area contributed by atoms with E-state index in [4.69, 9.17) is 5.26 Å². The van der Waals surface area contributed by atoms with E-state index in [0.29, 0.717) is 0 Å². The molecule has 3 rings (SSSR count). The predicted octanol–water partition coefficient (Wildman–Crippen LogP) is 1.59. The van der Waals surface area contributed by atoms with Gasteiger partial charge in [-0.25, -0.2) is 0 Å². The van der Waals surface area contributed by atoms with Crippen LogP contribution in [0, 0.1) is 11.3 Å². The van der Waals surface area contributed by atoms with Crippen molar-refractivity contribution in [3.05, 3.63) is 28.9 Å². The second-order valence-corrected chi connectivity index (χ2v) is 4.76. The van der Waals surface area contributed by atoms with E-state index in [0.717, 1.165) is 35.0 Å². The molecule has 0 unspecified atom stereocenters. The van der Waals surface area contributed by atoms with Gasteiger partial charge in [-0.05, 0) is 12.1 Å². The van der Waals surface area contributed by atoms with Crippen LogP contribution in [-0.4, -0.2) is 16.3 Å². The van der Waals surface area contributed by atoms with Gasteiger partial charge in [0, 0.05) is 23.5 Å². The van der Waals surface area contributed by atoms with Gasteiger partial charge in [-0.3, -0.25) is 4.68 Å². The molecule has 0 spiro atoms. The Bertz CT molecular complexity index is 561. The fourth-order valence-electron chi connectivity index (χ4n) is 1.93. The van der Waals surface area contributed by atoms with Crippen molar-refractivity contribution in [3.63, 3.8) is 0 Å². The lowest BCUT2D eigenvalue weighted by molar-refractivity contribution is 0.476. The van der Waals surface area contributed by atoms with E-state index in [1.54, 1.807) is 0 Å². The number of nitriles is 1. The van der Waals surface area contributed by atoms with Crippen LogP contribution < -0.4 is 5.32 Å². The molecule has 0 aromatic carbocycles. The summed E-state index contributed by atoms with van der Waals surface area (Å²) in [5.41, 5.74) is 2.37. The second-order valence-electron chi connectivity index (χ2n) is 3.68. The molecule has 2 aromatic rings. The van der Waals surface area contributed by atoms with Gasteiger partial charge in [0.25, 0.3) is 0 Å². The SMILES string of the molecule is N#Cc1ccc(-c2cnn3c2CNCC3)s1. The Hall–Kier alpha value is -1.64. The van der Waals surface area contributed by atoms with Gasteiger partial charge in [0.05, 0.1) is 18.4 Å². The maximum absolute atomic E-state index is 8.81. The van der Waals surface area contributed by atoms with E-state index in [9.17, 15) is 0 Å². The first-order valence-electron chi connectivity index (χ1n) is 5.14. The Morgan fingerprint density at radius 2 is 2.44 bits per heavy atom. The molecule has 4 nitrogen and oxygen atoms in total. The van der Waals surface area contributed by atoms with Crippen LogP contribution in [0.2, 0.25) is 0 Å². The molecule has 0 bridgehead atoms. The van der Waals surface area contributed by atoms with Crippen molar-refractivity contribution in [2.75, 3.05) is 6.54 Å². The molecule has 1 aliphatic heterocycles. The molecule has 0 saturated carbocycles. The quantitative estimate of drug-likeness (QED) is 0.809. The Labute approximate surface area is 97.1 Å². The van der Waals surface area contributed by atoms with Gasteiger partial charge in [0.2, 0.25) is 0 Å². The smallest absolute Gasteiger partial charge is 0.110 e. The maximum atomic E-state index is 8.81. The molecule has 16 heavy (non-hydrogen) atoms. The third-order valence-corrected chi connectivity index (χ3v) is 3.75. The van der Waals surface area contributed by atoms with Crippen molar-refractivity contribution < 1.29 is 0 Å². The van der Waals surface area contributed by atoms with Crippen LogP contribution >= 0.6 is 11.3 Å². The van der Waals surface area contributed by atoms with Crippen molar-refractivity contribution in [2.24, 2.45) is 0 Å². The highest BCUT2D eigenvalue weighted by Crippen LogP contribution is 2.30. The summed E-state index contributed by atoms with van der Waals surface area (Å²) in [6.07, 6.45) is 1.90. The van der Waals surface area contributed by atoms with E-state index in [1.807, 2.05) is 23.0 Å². The second kappa shape index (κ2) is 3.74. The first-order valence-corrected chi connectivity index (χ1v) is 5.96. The molecule has 1 aliphatic rings. The maximum Gasteiger partial charge on any atom is 0.110 e. The zero-order chi connectivity index (χ0) is 11.0. The third kappa shape index (κ3) is 1.43. The molecule has 80 valence electrons. The summed E-state index contributed by atoms with van der Waals surface area (Å²) in [4.78, 5) is 1.88. The molecular weight excluding hydrogens is 220 g/mol. The van der Waals surface area contributed by atoms with E-state index in [1.165, 1.54) is 17.0 Å². The molecule has 0 atom stereocenters. The minimum absolute atomic E-state index is 0.749. The monoisotopic (exact) mass is 230 g/mol. The first kappa shape index (κ1) is 9.58. The lowest BCUT2D eigenvalue weighted by Crippen LogP contribution is -2.28. The zero-order valence-corrected chi connectivity index (χ0v) is 9.42. The number of hydrogen-bond acceptors (Lipinski definition) is 4. The molecule has 0 radical (unpaired) electrons. The average Bonchev–Trinajstić information content (AvgIpc) is 2.94. The number of aromatic nitrogens is 2. The predicted molar refractivity (Wildman–Crippen MR) is 62.0 cm³/mol. The van der Waals surface area contributed by atoms with Gasteiger partial charge in [0.15, 0.2) is 0 Å². The van der Waals surface area contributed by atoms with Crippen LogP contribution in [0.5, 0.6) is 0 Å². The van der Waals surface area contributed by atoms with Crippen molar-refractivity contribution in [3.8, 4) is 16.5 Å². The van der Waals surface area contributed by atoms with Crippen molar-refractivity contribution in [2.45, 2.75) is 13.1 Å². The minimum Gasteiger partial charge on any atom is -0.309 e. The molecular formula is C11H10N4S. The summed E-state index contributed by atoms with van der Waals surface area (Å²) < 4.78 is 2.04. The van der Waals surface area contributed by atoms with Crippen molar-refractivity contribution in [1.29, 1.82) is 5.26 Å². The van der Waals surface area contributed by atoms with Gasteiger partial charge in [-0.15, -0.1) is 11.3 Å².